The fourth-order valence-corrected chi connectivity index (χ4v) is 1.41. The van der Waals surface area contributed by atoms with Crippen LogP contribution in [0.2, 0.25) is 0 Å². The zero-order valence-electron chi connectivity index (χ0n) is 7.37. The van der Waals surface area contributed by atoms with Crippen LogP contribution in [0.15, 0.2) is 0 Å². The Morgan fingerprint density at radius 3 is 2.82 bits per heavy atom. The molecule has 0 aromatic rings. The Morgan fingerprint density at radius 1 is 1.55 bits per heavy atom. The van der Waals surface area contributed by atoms with Crippen molar-refractivity contribution < 1.29 is 9.47 Å². The van der Waals surface area contributed by atoms with Gasteiger partial charge in [0.2, 0.25) is 0 Å². The highest BCUT2D eigenvalue weighted by Gasteiger charge is 2.24. The van der Waals surface area contributed by atoms with Gasteiger partial charge in [0.1, 0.15) is 0 Å². The van der Waals surface area contributed by atoms with E-state index in [2.05, 4.69) is 20.1 Å². The van der Waals surface area contributed by atoms with Crippen LogP contribution in [-0.2, 0) is 9.47 Å². The summed E-state index contributed by atoms with van der Waals surface area (Å²) in [6, 6.07) is 0. The van der Waals surface area contributed by atoms with Gasteiger partial charge in [0.05, 0.1) is 18.0 Å². The molecule has 1 heterocycles. The van der Waals surface area contributed by atoms with E-state index in [1.54, 1.807) is 11.8 Å². The van der Waals surface area contributed by atoms with Crippen molar-refractivity contribution in [3.8, 4) is 0 Å². The zero-order chi connectivity index (χ0) is 8.27. The van der Waals surface area contributed by atoms with Gasteiger partial charge in [0, 0.05) is 0 Å². The molecule has 1 fully saturated rings. The molecule has 1 aliphatic heterocycles. The van der Waals surface area contributed by atoms with E-state index in [4.69, 9.17) is 9.47 Å². The van der Waals surface area contributed by atoms with Crippen molar-refractivity contribution in [3.63, 3.8) is 0 Å². The van der Waals surface area contributed by atoms with Crippen LogP contribution in [-0.4, -0.2) is 30.5 Å². The predicted octanol–water partition coefficient (Wildman–Crippen LogP) is 1.89. The smallest absolute Gasteiger partial charge is 0.169 e. The first-order valence-corrected chi connectivity index (χ1v) is 5.32. The predicted molar refractivity (Wildman–Crippen MR) is 47.9 cm³/mol. The van der Waals surface area contributed by atoms with Gasteiger partial charge in [-0.3, -0.25) is 0 Å². The summed E-state index contributed by atoms with van der Waals surface area (Å²) >= 11 is 1.78. The lowest BCUT2D eigenvalue weighted by Crippen LogP contribution is -2.36. The second-order valence-electron chi connectivity index (χ2n) is 2.92. The number of thioether (sulfide) groups is 1. The van der Waals surface area contributed by atoms with Crippen LogP contribution in [0.1, 0.15) is 20.3 Å². The third-order valence-corrected chi connectivity index (χ3v) is 2.89. The van der Waals surface area contributed by atoms with Crippen LogP contribution < -0.4 is 0 Å². The average molecular weight is 176 g/mol. The van der Waals surface area contributed by atoms with E-state index < -0.39 is 0 Å². The average Bonchev–Trinajstić information content (AvgIpc) is 2.03. The van der Waals surface area contributed by atoms with Gasteiger partial charge in [-0.25, -0.2) is 0 Å². The summed E-state index contributed by atoms with van der Waals surface area (Å²) in [4.78, 5) is 0. The van der Waals surface area contributed by atoms with Crippen molar-refractivity contribution in [3.05, 3.63) is 0 Å². The van der Waals surface area contributed by atoms with Crippen LogP contribution in [0.5, 0.6) is 0 Å². The summed E-state index contributed by atoms with van der Waals surface area (Å²) in [6.45, 7) is 5.08. The maximum Gasteiger partial charge on any atom is 0.169 e. The maximum absolute atomic E-state index is 5.60. The lowest BCUT2D eigenvalue weighted by Gasteiger charge is -2.31. The standard InChI is InChI=1S/C8H16O2S/c1-6-4-5-9-8(10-6)7(2)11-3/h6-8H,4-5H2,1-3H3/t6?,7?,8-/m1/s1. The Morgan fingerprint density at radius 2 is 2.27 bits per heavy atom. The largest absolute Gasteiger partial charge is 0.351 e. The third-order valence-electron chi connectivity index (χ3n) is 1.93. The lowest BCUT2D eigenvalue weighted by atomic mass is 10.2. The molecule has 0 aromatic heterocycles. The molecule has 0 saturated carbocycles. The Hall–Kier alpha value is 0.270. The Balaban J connectivity index is 2.33. The van der Waals surface area contributed by atoms with Gasteiger partial charge in [0.25, 0.3) is 0 Å². The number of hydrogen-bond donors (Lipinski definition) is 0. The molecule has 1 rings (SSSR count). The van der Waals surface area contributed by atoms with Crippen molar-refractivity contribution in [2.24, 2.45) is 0 Å². The highest BCUT2D eigenvalue weighted by Crippen LogP contribution is 2.20. The second-order valence-corrected chi connectivity index (χ2v) is 4.13. The fourth-order valence-electron chi connectivity index (χ4n) is 1.04. The van der Waals surface area contributed by atoms with E-state index in [1.165, 1.54) is 0 Å². The normalized spacial score (nSPS) is 35.2. The maximum atomic E-state index is 5.60. The number of ether oxygens (including phenoxy) is 2. The highest BCUT2D eigenvalue weighted by molar-refractivity contribution is 7.99. The van der Waals surface area contributed by atoms with Gasteiger partial charge in [-0.2, -0.15) is 11.8 Å². The van der Waals surface area contributed by atoms with Crippen LogP contribution in [0.3, 0.4) is 0 Å². The van der Waals surface area contributed by atoms with Crippen molar-refractivity contribution in [1.82, 2.24) is 0 Å². The molecule has 3 atom stereocenters. The van der Waals surface area contributed by atoms with E-state index in [9.17, 15) is 0 Å². The molecule has 0 aliphatic carbocycles. The van der Waals surface area contributed by atoms with Crippen LogP contribution in [0.4, 0.5) is 0 Å². The number of rotatable bonds is 2. The molecule has 2 nitrogen and oxygen atoms in total. The summed E-state index contributed by atoms with van der Waals surface area (Å²) in [5, 5.41) is 0.442. The third kappa shape index (κ3) is 2.65. The first-order valence-electron chi connectivity index (χ1n) is 4.04. The first kappa shape index (κ1) is 9.36. The van der Waals surface area contributed by atoms with E-state index in [0.717, 1.165) is 13.0 Å². The van der Waals surface area contributed by atoms with Gasteiger partial charge in [0.15, 0.2) is 6.29 Å². The van der Waals surface area contributed by atoms with Gasteiger partial charge in [-0.05, 0) is 26.5 Å². The minimum absolute atomic E-state index is 0.00810. The lowest BCUT2D eigenvalue weighted by molar-refractivity contribution is -0.204. The van der Waals surface area contributed by atoms with Crippen LogP contribution in [0, 0.1) is 0 Å². The van der Waals surface area contributed by atoms with Crippen molar-refractivity contribution in [2.45, 2.75) is 37.9 Å². The summed E-state index contributed by atoms with van der Waals surface area (Å²) in [5.74, 6) is 0. The molecule has 66 valence electrons. The SMILES string of the molecule is CSC(C)[C@@H]1OCCC(C)O1. The summed E-state index contributed by atoms with van der Waals surface area (Å²) in [5.41, 5.74) is 0. The molecule has 0 aromatic carbocycles. The molecule has 0 radical (unpaired) electrons. The Labute approximate surface area is 72.6 Å². The minimum atomic E-state index is 0.00810. The molecule has 1 saturated heterocycles. The van der Waals surface area contributed by atoms with Gasteiger partial charge in [-0.1, -0.05) is 0 Å². The quantitative estimate of drug-likeness (QED) is 0.640. The molecular formula is C8H16O2S. The van der Waals surface area contributed by atoms with E-state index in [-0.39, 0.29) is 6.29 Å². The van der Waals surface area contributed by atoms with Gasteiger partial charge >= 0.3 is 0 Å². The zero-order valence-corrected chi connectivity index (χ0v) is 8.19. The molecule has 1 aliphatic rings. The van der Waals surface area contributed by atoms with Crippen molar-refractivity contribution in [2.75, 3.05) is 12.9 Å². The molecule has 0 N–H and O–H groups in total. The van der Waals surface area contributed by atoms with E-state index in [1.807, 2.05) is 0 Å². The van der Waals surface area contributed by atoms with Gasteiger partial charge in [-0.15, -0.1) is 0 Å². The van der Waals surface area contributed by atoms with Crippen LogP contribution >= 0.6 is 11.8 Å². The summed E-state index contributed by atoms with van der Waals surface area (Å²) < 4.78 is 11.1. The van der Waals surface area contributed by atoms with Crippen molar-refractivity contribution in [1.29, 1.82) is 0 Å². The molecule has 0 amide bonds. The number of hydrogen-bond acceptors (Lipinski definition) is 3. The molecular weight excluding hydrogens is 160 g/mol. The van der Waals surface area contributed by atoms with Crippen molar-refractivity contribution >= 4 is 11.8 Å². The monoisotopic (exact) mass is 176 g/mol. The van der Waals surface area contributed by atoms with Crippen LogP contribution in [0.25, 0.3) is 0 Å². The topological polar surface area (TPSA) is 18.5 Å². The Bertz CT molecular complexity index is 119. The molecule has 3 heteroatoms. The molecule has 0 bridgehead atoms. The van der Waals surface area contributed by atoms with E-state index >= 15 is 0 Å². The Kier molecular flexibility index (Phi) is 3.69. The molecule has 11 heavy (non-hydrogen) atoms. The highest BCUT2D eigenvalue weighted by atomic mass is 32.2. The first-order chi connectivity index (χ1) is 5.24. The molecule has 0 spiro atoms. The van der Waals surface area contributed by atoms with Gasteiger partial charge < -0.3 is 9.47 Å². The summed E-state index contributed by atoms with van der Waals surface area (Å²) in [7, 11) is 0. The second kappa shape index (κ2) is 4.33. The summed E-state index contributed by atoms with van der Waals surface area (Å²) in [6.07, 6.45) is 3.48. The fraction of sp³-hybridized carbons (Fsp3) is 1.00. The molecule has 2 unspecified atom stereocenters. The minimum Gasteiger partial charge on any atom is -0.351 e. The van der Waals surface area contributed by atoms with E-state index in [0.29, 0.717) is 11.4 Å².